The average molecular weight is 329 g/mol. The van der Waals surface area contributed by atoms with E-state index >= 15 is 0 Å². The minimum absolute atomic E-state index is 0.148. The van der Waals surface area contributed by atoms with E-state index in [1.165, 1.54) is 12.5 Å². The van der Waals surface area contributed by atoms with Gasteiger partial charge in [0.1, 0.15) is 5.75 Å². The third kappa shape index (κ3) is 3.35. The molecular weight excluding hydrogens is 316 g/mol. The van der Waals surface area contributed by atoms with Crippen molar-refractivity contribution in [2.45, 2.75) is 6.92 Å². The number of carbonyl (C=O) groups excluding carboxylic acids is 1. The number of rotatable bonds is 3. The highest BCUT2D eigenvalue weighted by atomic mass is 35.5. The molecule has 0 radical (unpaired) electrons. The van der Waals surface area contributed by atoms with Gasteiger partial charge in [-0.15, -0.1) is 0 Å². The number of nitrogens with zero attached hydrogens (tertiary/aromatic N) is 1. The van der Waals surface area contributed by atoms with E-state index in [4.69, 9.17) is 16.0 Å². The highest BCUT2D eigenvalue weighted by Crippen LogP contribution is 2.26. The lowest BCUT2D eigenvalue weighted by molar-refractivity contribution is 0.0996. The minimum atomic E-state index is -0.399. The van der Waals surface area contributed by atoms with Crippen LogP contribution in [-0.2, 0) is 0 Å². The molecule has 0 bridgehead atoms. The van der Waals surface area contributed by atoms with Crippen molar-refractivity contribution in [1.82, 2.24) is 4.98 Å². The van der Waals surface area contributed by atoms with Gasteiger partial charge in [0.05, 0.1) is 22.7 Å². The van der Waals surface area contributed by atoms with Crippen LogP contribution in [0.1, 0.15) is 16.2 Å². The summed E-state index contributed by atoms with van der Waals surface area (Å²) in [4.78, 5) is 16.3. The zero-order valence-electron chi connectivity index (χ0n) is 12.2. The summed E-state index contributed by atoms with van der Waals surface area (Å²) in [5, 5.41) is 12.7. The smallest absolute Gasteiger partial charge is 0.291 e. The van der Waals surface area contributed by atoms with Gasteiger partial charge in [0.15, 0.2) is 5.76 Å². The SMILES string of the molecule is Cc1ncc(Cl)cc1NC(=O)c1cc(-c2cccc(O)c2)co1. The molecule has 0 aliphatic heterocycles. The van der Waals surface area contributed by atoms with E-state index in [1.54, 1.807) is 37.3 Å². The van der Waals surface area contributed by atoms with Crippen LogP contribution in [0.5, 0.6) is 5.75 Å². The number of benzene rings is 1. The fourth-order valence-electron chi connectivity index (χ4n) is 2.11. The lowest BCUT2D eigenvalue weighted by Crippen LogP contribution is -2.12. The predicted molar refractivity (Wildman–Crippen MR) is 87.7 cm³/mol. The highest BCUT2D eigenvalue weighted by Gasteiger charge is 2.14. The molecule has 2 aromatic heterocycles. The lowest BCUT2D eigenvalue weighted by Gasteiger charge is -2.06. The molecule has 23 heavy (non-hydrogen) atoms. The van der Waals surface area contributed by atoms with Crippen LogP contribution in [0.3, 0.4) is 0 Å². The Kier molecular flexibility index (Phi) is 4.04. The fraction of sp³-hybridized carbons (Fsp3) is 0.0588. The first-order chi connectivity index (χ1) is 11.0. The molecule has 3 rings (SSSR count). The molecule has 0 atom stereocenters. The third-order valence-electron chi connectivity index (χ3n) is 3.30. The first kappa shape index (κ1) is 15.1. The third-order valence-corrected chi connectivity index (χ3v) is 3.51. The number of aromatic hydroxyl groups is 1. The lowest BCUT2D eigenvalue weighted by atomic mass is 10.1. The minimum Gasteiger partial charge on any atom is -0.508 e. The number of halogens is 1. The molecule has 0 aliphatic rings. The van der Waals surface area contributed by atoms with Gasteiger partial charge in [-0.1, -0.05) is 23.7 Å². The normalized spacial score (nSPS) is 10.5. The van der Waals surface area contributed by atoms with E-state index in [2.05, 4.69) is 10.3 Å². The maximum Gasteiger partial charge on any atom is 0.291 e. The second-order valence-electron chi connectivity index (χ2n) is 4.99. The summed E-state index contributed by atoms with van der Waals surface area (Å²) in [6.45, 7) is 1.77. The number of aromatic nitrogens is 1. The molecule has 1 amide bonds. The Bertz CT molecular complexity index is 874. The topological polar surface area (TPSA) is 75.4 Å². The second kappa shape index (κ2) is 6.14. The molecule has 116 valence electrons. The van der Waals surface area contributed by atoms with Crippen molar-refractivity contribution in [1.29, 1.82) is 0 Å². The number of anilines is 1. The van der Waals surface area contributed by atoms with Crippen molar-refractivity contribution in [3.8, 4) is 16.9 Å². The first-order valence-corrected chi connectivity index (χ1v) is 7.22. The summed E-state index contributed by atoms with van der Waals surface area (Å²) in [7, 11) is 0. The van der Waals surface area contributed by atoms with Crippen LogP contribution in [0.15, 0.2) is 53.3 Å². The Labute approximate surface area is 137 Å². The average Bonchev–Trinajstić information content (AvgIpc) is 3.01. The molecule has 0 aliphatic carbocycles. The summed E-state index contributed by atoms with van der Waals surface area (Å²) in [6, 6.07) is 9.94. The highest BCUT2D eigenvalue weighted by molar-refractivity contribution is 6.30. The van der Waals surface area contributed by atoms with Gasteiger partial charge in [0, 0.05) is 11.8 Å². The molecule has 2 N–H and O–H groups in total. The Morgan fingerprint density at radius 2 is 2.09 bits per heavy atom. The van der Waals surface area contributed by atoms with E-state index in [0.29, 0.717) is 22.0 Å². The van der Waals surface area contributed by atoms with Crippen molar-refractivity contribution in [2.75, 3.05) is 5.32 Å². The molecule has 1 aromatic carbocycles. The Morgan fingerprint density at radius 3 is 2.87 bits per heavy atom. The maximum absolute atomic E-state index is 12.3. The predicted octanol–water partition coefficient (Wildman–Crippen LogP) is 4.26. The molecular formula is C17H13ClN2O3. The van der Waals surface area contributed by atoms with Gasteiger partial charge in [-0.25, -0.2) is 0 Å². The zero-order chi connectivity index (χ0) is 16.4. The van der Waals surface area contributed by atoms with E-state index in [0.717, 1.165) is 5.56 Å². The van der Waals surface area contributed by atoms with Crippen LogP contribution in [-0.4, -0.2) is 16.0 Å². The van der Waals surface area contributed by atoms with Gasteiger partial charge in [0.25, 0.3) is 5.91 Å². The number of amides is 1. The Morgan fingerprint density at radius 1 is 1.26 bits per heavy atom. The van der Waals surface area contributed by atoms with Crippen LogP contribution < -0.4 is 5.32 Å². The number of furan rings is 1. The number of aryl methyl sites for hydroxylation is 1. The van der Waals surface area contributed by atoms with E-state index < -0.39 is 5.91 Å². The summed E-state index contributed by atoms with van der Waals surface area (Å²) < 4.78 is 5.32. The fourth-order valence-corrected chi connectivity index (χ4v) is 2.27. The molecule has 0 unspecified atom stereocenters. The number of carbonyl (C=O) groups is 1. The van der Waals surface area contributed by atoms with Gasteiger partial charge in [-0.3, -0.25) is 9.78 Å². The molecule has 0 saturated heterocycles. The standard InChI is InChI=1S/C17H13ClN2O3/c1-10-15(7-13(18)8-19-10)20-17(22)16-6-12(9-23-16)11-3-2-4-14(21)5-11/h2-9,21H,1H3,(H,20,22). The molecule has 3 aromatic rings. The molecule has 5 nitrogen and oxygen atoms in total. The number of phenolic OH excluding ortho intramolecular Hbond substituents is 1. The quantitative estimate of drug-likeness (QED) is 0.753. The van der Waals surface area contributed by atoms with E-state index in [-0.39, 0.29) is 11.5 Å². The van der Waals surface area contributed by atoms with Gasteiger partial charge >= 0.3 is 0 Å². The Hall–Kier alpha value is -2.79. The summed E-state index contributed by atoms with van der Waals surface area (Å²) >= 11 is 5.88. The van der Waals surface area contributed by atoms with Crippen molar-refractivity contribution < 1.29 is 14.3 Å². The van der Waals surface area contributed by atoms with Crippen LogP contribution in [0, 0.1) is 6.92 Å². The van der Waals surface area contributed by atoms with Gasteiger partial charge < -0.3 is 14.8 Å². The maximum atomic E-state index is 12.3. The van der Waals surface area contributed by atoms with Crippen molar-refractivity contribution >= 4 is 23.2 Å². The number of pyridine rings is 1. The first-order valence-electron chi connectivity index (χ1n) is 6.84. The summed E-state index contributed by atoms with van der Waals surface area (Å²) in [5.41, 5.74) is 2.64. The van der Waals surface area contributed by atoms with Crippen LogP contribution in [0.4, 0.5) is 5.69 Å². The monoisotopic (exact) mass is 328 g/mol. The largest absolute Gasteiger partial charge is 0.508 e. The number of nitrogens with one attached hydrogen (secondary N) is 1. The number of hydrogen-bond acceptors (Lipinski definition) is 4. The van der Waals surface area contributed by atoms with Crippen LogP contribution in [0.25, 0.3) is 11.1 Å². The number of phenols is 1. The molecule has 6 heteroatoms. The van der Waals surface area contributed by atoms with Gasteiger partial charge in [-0.2, -0.15) is 0 Å². The van der Waals surface area contributed by atoms with Gasteiger partial charge in [-0.05, 0) is 36.8 Å². The Balaban J connectivity index is 1.82. The van der Waals surface area contributed by atoms with Crippen molar-refractivity contribution in [3.63, 3.8) is 0 Å². The zero-order valence-corrected chi connectivity index (χ0v) is 13.0. The summed E-state index contributed by atoms with van der Waals surface area (Å²) in [6.07, 6.45) is 2.98. The molecule has 0 fully saturated rings. The van der Waals surface area contributed by atoms with Crippen molar-refractivity contribution in [3.05, 3.63) is 65.3 Å². The van der Waals surface area contributed by atoms with E-state index in [9.17, 15) is 9.90 Å². The van der Waals surface area contributed by atoms with Crippen LogP contribution >= 0.6 is 11.6 Å². The van der Waals surface area contributed by atoms with Crippen LogP contribution in [0.2, 0.25) is 5.02 Å². The van der Waals surface area contributed by atoms with Crippen molar-refractivity contribution in [2.24, 2.45) is 0 Å². The second-order valence-corrected chi connectivity index (χ2v) is 5.43. The number of hydrogen-bond donors (Lipinski definition) is 2. The summed E-state index contributed by atoms with van der Waals surface area (Å²) in [5.74, 6) is -0.0957. The molecule has 2 heterocycles. The molecule has 0 saturated carbocycles. The van der Waals surface area contributed by atoms with Gasteiger partial charge in [0.2, 0.25) is 0 Å². The van der Waals surface area contributed by atoms with E-state index in [1.807, 2.05) is 6.07 Å². The molecule has 0 spiro atoms.